The summed E-state index contributed by atoms with van der Waals surface area (Å²) in [6, 6.07) is 4.08. The molecule has 0 N–H and O–H groups in total. The summed E-state index contributed by atoms with van der Waals surface area (Å²) in [7, 11) is 1.46. The second kappa shape index (κ2) is 6.50. The summed E-state index contributed by atoms with van der Waals surface area (Å²) in [5, 5.41) is 0. The number of carbonyl (C=O) groups excluding carboxylic acids is 1. The first kappa shape index (κ1) is 13.0. The Balaban J connectivity index is 1.75. The molecule has 0 atom stereocenters. The second-order valence-corrected chi connectivity index (χ2v) is 4.86. The SMILES string of the molecule is COC(=O)CC1CCN(Cc2cccnc2)CC1. The molecule has 2 heterocycles. The van der Waals surface area contributed by atoms with Crippen molar-refractivity contribution in [1.82, 2.24) is 9.88 Å². The van der Waals surface area contributed by atoms with E-state index in [1.165, 1.54) is 12.7 Å². The Bertz CT molecular complexity index is 373. The van der Waals surface area contributed by atoms with E-state index in [9.17, 15) is 4.79 Å². The molecule has 0 amide bonds. The highest BCUT2D eigenvalue weighted by molar-refractivity contribution is 5.69. The van der Waals surface area contributed by atoms with Gasteiger partial charge in [0.2, 0.25) is 0 Å². The fourth-order valence-corrected chi connectivity index (χ4v) is 2.42. The van der Waals surface area contributed by atoms with Crippen molar-refractivity contribution in [3.8, 4) is 0 Å². The average molecular weight is 248 g/mol. The molecule has 0 radical (unpaired) electrons. The van der Waals surface area contributed by atoms with Crippen molar-refractivity contribution in [3.05, 3.63) is 30.1 Å². The number of esters is 1. The minimum atomic E-state index is -0.0827. The van der Waals surface area contributed by atoms with E-state index >= 15 is 0 Å². The van der Waals surface area contributed by atoms with Gasteiger partial charge in [0, 0.05) is 25.4 Å². The summed E-state index contributed by atoms with van der Waals surface area (Å²) in [6.07, 6.45) is 6.44. The number of hydrogen-bond donors (Lipinski definition) is 0. The summed E-state index contributed by atoms with van der Waals surface area (Å²) < 4.78 is 4.71. The summed E-state index contributed by atoms with van der Waals surface area (Å²) >= 11 is 0. The number of hydrogen-bond acceptors (Lipinski definition) is 4. The van der Waals surface area contributed by atoms with Gasteiger partial charge in [0.1, 0.15) is 0 Å². The van der Waals surface area contributed by atoms with E-state index in [4.69, 9.17) is 4.74 Å². The van der Waals surface area contributed by atoms with Crippen LogP contribution in [0.25, 0.3) is 0 Å². The van der Waals surface area contributed by atoms with Gasteiger partial charge in [-0.15, -0.1) is 0 Å². The molecule has 1 aliphatic rings. The number of likely N-dealkylation sites (tertiary alicyclic amines) is 1. The largest absolute Gasteiger partial charge is 0.469 e. The molecule has 18 heavy (non-hydrogen) atoms. The molecule has 2 rings (SSSR count). The van der Waals surface area contributed by atoms with Crippen LogP contribution in [0, 0.1) is 5.92 Å². The molecule has 0 aromatic carbocycles. The molecule has 0 saturated carbocycles. The van der Waals surface area contributed by atoms with Gasteiger partial charge in [-0.05, 0) is 43.5 Å². The Morgan fingerprint density at radius 1 is 1.50 bits per heavy atom. The molecular weight excluding hydrogens is 228 g/mol. The lowest BCUT2D eigenvalue weighted by molar-refractivity contribution is -0.142. The smallest absolute Gasteiger partial charge is 0.305 e. The number of piperidine rings is 1. The standard InChI is InChI=1S/C14H20N2O2/c1-18-14(17)9-12-4-7-16(8-5-12)11-13-3-2-6-15-10-13/h2-3,6,10,12H,4-5,7-9,11H2,1H3. The lowest BCUT2D eigenvalue weighted by Gasteiger charge is -2.31. The first-order valence-electron chi connectivity index (χ1n) is 6.46. The Kier molecular flexibility index (Phi) is 4.70. The second-order valence-electron chi connectivity index (χ2n) is 4.86. The Morgan fingerprint density at radius 3 is 2.89 bits per heavy atom. The van der Waals surface area contributed by atoms with Crippen molar-refractivity contribution in [2.75, 3.05) is 20.2 Å². The topological polar surface area (TPSA) is 42.4 Å². The van der Waals surface area contributed by atoms with E-state index in [2.05, 4.69) is 16.0 Å². The molecule has 4 nitrogen and oxygen atoms in total. The van der Waals surface area contributed by atoms with Crippen LogP contribution >= 0.6 is 0 Å². The quantitative estimate of drug-likeness (QED) is 0.763. The van der Waals surface area contributed by atoms with E-state index in [0.29, 0.717) is 12.3 Å². The van der Waals surface area contributed by atoms with Crippen molar-refractivity contribution < 1.29 is 9.53 Å². The van der Waals surface area contributed by atoms with Crippen LogP contribution in [0.4, 0.5) is 0 Å². The number of pyridine rings is 1. The molecule has 1 saturated heterocycles. The summed E-state index contributed by atoms with van der Waals surface area (Å²) in [6.45, 7) is 3.06. The van der Waals surface area contributed by atoms with Crippen molar-refractivity contribution in [2.24, 2.45) is 5.92 Å². The number of carbonyl (C=O) groups is 1. The molecule has 1 aliphatic heterocycles. The first-order chi connectivity index (χ1) is 8.78. The molecule has 1 fully saturated rings. The highest BCUT2D eigenvalue weighted by Crippen LogP contribution is 2.21. The van der Waals surface area contributed by atoms with Crippen molar-refractivity contribution in [2.45, 2.75) is 25.8 Å². The van der Waals surface area contributed by atoms with E-state index in [-0.39, 0.29) is 5.97 Å². The molecule has 0 bridgehead atoms. The van der Waals surface area contributed by atoms with Crippen molar-refractivity contribution in [3.63, 3.8) is 0 Å². The fraction of sp³-hybridized carbons (Fsp3) is 0.571. The minimum absolute atomic E-state index is 0.0827. The Hall–Kier alpha value is -1.42. The van der Waals surface area contributed by atoms with Gasteiger partial charge in [-0.3, -0.25) is 14.7 Å². The molecule has 0 aliphatic carbocycles. The van der Waals surface area contributed by atoms with Crippen molar-refractivity contribution in [1.29, 1.82) is 0 Å². The Morgan fingerprint density at radius 2 is 2.28 bits per heavy atom. The summed E-state index contributed by atoms with van der Waals surface area (Å²) in [4.78, 5) is 17.8. The molecule has 1 aromatic heterocycles. The van der Waals surface area contributed by atoms with E-state index in [1.54, 1.807) is 6.20 Å². The zero-order chi connectivity index (χ0) is 12.8. The lowest BCUT2D eigenvalue weighted by atomic mass is 9.93. The van der Waals surface area contributed by atoms with Gasteiger partial charge >= 0.3 is 5.97 Å². The van der Waals surface area contributed by atoms with Crippen LogP contribution in [0.2, 0.25) is 0 Å². The van der Waals surface area contributed by atoms with E-state index in [0.717, 1.165) is 32.5 Å². The number of ether oxygens (including phenoxy) is 1. The number of rotatable bonds is 4. The van der Waals surface area contributed by atoms with Crippen molar-refractivity contribution >= 4 is 5.97 Å². The Labute approximate surface area is 108 Å². The first-order valence-corrected chi connectivity index (χ1v) is 6.46. The number of nitrogens with zero attached hydrogens (tertiary/aromatic N) is 2. The monoisotopic (exact) mass is 248 g/mol. The molecule has 0 spiro atoms. The third-order valence-corrected chi connectivity index (χ3v) is 3.52. The van der Waals surface area contributed by atoms with Crippen LogP contribution in [0.3, 0.4) is 0 Å². The summed E-state index contributed by atoms with van der Waals surface area (Å²) in [5.74, 6) is 0.406. The predicted octanol–water partition coefficient (Wildman–Crippen LogP) is 1.86. The molecular formula is C14H20N2O2. The van der Waals surface area contributed by atoms with Gasteiger partial charge in [0.15, 0.2) is 0 Å². The number of methoxy groups -OCH3 is 1. The van der Waals surface area contributed by atoms with Crippen LogP contribution in [0.15, 0.2) is 24.5 Å². The molecule has 98 valence electrons. The van der Waals surface area contributed by atoms with Crippen LogP contribution in [0.5, 0.6) is 0 Å². The fourth-order valence-electron chi connectivity index (χ4n) is 2.42. The lowest BCUT2D eigenvalue weighted by Crippen LogP contribution is -2.34. The van der Waals surface area contributed by atoms with Gasteiger partial charge in [-0.1, -0.05) is 6.07 Å². The molecule has 0 unspecified atom stereocenters. The van der Waals surface area contributed by atoms with Gasteiger partial charge in [-0.2, -0.15) is 0 Å². The predicted molar refractivity (Wildman–Crippen MR) is 68.9 cm³/mol. The van der Waals surface area contributed by atoms with Crippen LogP contribution in [0.1, 0.15) is 24.8 Å². The van der Waals surface area contributed by atoms with E-state index < -0.39 is 0 Å². The summed E-state index contributed by atoms with van der Waals surface area (Å²) in [5.41, 5.74) is 1.25. The van der Waals surface area contributed by atoms with Gasteiger partial charge in [0.25, 0.3) is 0 Å². The normalized spacial score (nSPS) is 17.6. The van der Waals surface area contributed by atoms with Crippen LogP contribution in [-0.4, -0.2) is 36.1 Å². The maximum absolute atomic E-state index is 11.2. The third kappa shape index (κ3) is 3.81. The number of aromatic nitrogens is 1. The highest BCUT2D eigenvalue weighted by atomic mass is 16.5. The average Bonchev–Trinajstić information content (AvgIpc) is 2.42. The van der Waals surface area contributed by atoms with Gasteiger partial charge in [0.05, 0.1) is 7.11 Å². The van der Waals surface area contributed by atoms with Crippen LogP contribution in [-0.2, 0) is 16.1 Å². The van der Waals surface area contributed by atoms with Gasteiger partial charge in [-0.25, -0.2) is 0 Å². The highest BCUT2D eigenvalue weighted by Gasteiger charge is 2.21. The molecule has 4 heteroatoms. The third-order valence-electron chi connectivity index (χ3n) is 3.52. The maximum Gasteiger partial charge on any atom is 0.305 e. The maximum atomic E-state index is 11.2. The van der Waals surface area contributed by atoms with Crippen LogP contribution < -0.4 is 0 Å². The minimum Gasteiger partial charge on any atom is -0.469 e. The zero-order valence-electron chi connectivity index (χ0n) is 10.8. The van der Waals surface area contributed by atoms with E-state index in [1.807, 2.05) is 12.3 Å². The molecule has 1 aromatic rings. The van der Waals surface area contributed by atoms with Gasteiger partial charge < -0.3 is 4.74 Å². The zero-order valence-corrected chi connectivity index (χ0v) is 10.8.